The van der Waals surface area contributed by atoms with Crippen LogP contribution in [0.3, 0.4) is 0 Å². The van der Waals surface area contributed by atoms with Gasteiger partial charge in [0.25, 0.3) is 5.91 Å². The molecule has 7 heteroatoms. The van der Waals surface area contributed by atoms with Crippen molar-refractivity contribution >= 4 is 55.2 Å². The summed E-state index contributed by atoms with van der Waals surface area (Å²) in [6, 6.07) is 7.90. The molecule has 0 fully saturated rings. The summed E-state index contributed by atoms with van der Waals surface area (Å²) in [6.45, 7) is 3.68. The Labute approximate surface area is 151 Å². The van der Waals surface area contributed by atoms with Crippen LogP contribution in [0.4, 0.5) is 9.52 Å². The van der Waals surface area contributed by atoms with E-state index >= 15 is 0 Å². The van der Waals surface area contributed by atoms with Crippen molar-refractivity contribution in [3.05, 3.63) is 58.1 Å². The fourth-order valence-corrected chi connectivity index (χ4v) is 3.71. The predicted octanol–water partition coefficient (Wildman–Crippen LogP) is 5.70. The average molecular weight is 375 g/mol. The second-order valence-electron chi connectivity index (χ2n) is 5.74. The van der Waals surface area contributed by atoms with Crippen LogP contribution in [0.15, 0.2) is 34.7 Å². The van der Waals surface area contributed by atoms with Crippen LogP contribution in [0, 0.1) is 19.7 Å². The topological polar surface area (TPSA) is 55.1 Å². The number of rotatable bonds is 2. The van der Waals surface area contributed by atoms with Crippen LogP contribution < -0.4 is 5.32 Å². The number of fused-ring (bicyclic) bond motifs is 2. The van der Waals surface area contributed by atoms with Crippen LogP contribution in [0.2, 0.25) is 5.02 Å². The van der Waals surface area contributed by atoms with Crippen molar-refractivity contribution in [2.24, 2.45) is 0 Å². The van der Waals surface area contributed by atoms with Gasteiger partial charge in [-0.25, -0.2) is 9.37 Å². The van der Waals surface area contributed by atoms with Gasteiger partial charge in [0.2, 0.25) is 0 Å². The number of benzene rings is 2. The monoisotopic (exact) mass is 374 g/mol. The van der Waals surface area contributed by atoms with E-state index in [0.29, 0.717) is 31.5 Å². The van der Waals surface area contributed by atoms with Gasteiger partial charge in [0.1, 0.15) is 11.4 Å². The molecule has 0 atom stereocenters. The second-order valence-corrected chi connectivity index (χ2v) is 7.18. The minimum absolute atomic E-state index is 0.210. The summed E-state index contributed by atoms with van der Waals surface area (Å²) in [6.07, 6.45) is 0. The van der Waals surface area contributed by atoms with E-state index in [-0.39, 0.29) is 11.6 Å². The van der Waals surface area contributed by atoms with Crippen LogP contribution >= 0.6 is 22.9 Å². The normalized spacial score (nSPS) is 11.4. The molecule has 126 valence electrons. The lowest BCUT2D eigenvalue weighted by molar-refractivity contribution is 0.0998. The van der Waals surface area contributed by atoms with Crippen LogP contribution in [-0.2, 0) is 0 Å². The first-order chi connectivity index (χ1) is 11.9. The molecule has 0 saturated heterocycles. The highest BCUT2D eigenvalue weighted by Gasteiger charge is 2.20. The van der Waals surface area contributed by atoms with Crippen molar-refractivity contribution in [2.45, 2.75) is 13.8 Å². The largest absolute Gasteiger partial charge is 0.451 e. The Morgan fingerprint density at radius 2 is 2.08 bits per heavy atom. The lowest BCUT2D eigenvalue weighted by atomic mass is 10.1. The first kappa shape index (κ1) is 16.1. The van der Waals surface area contributed by atoms with Gasteiger partial charge in [0, 0.05) is 16.0 Å². The molecular weight excluding hydrogens is 363 g/mol. The van der Waals surface area contributed by atoms with E-state index in [1.165, 1.54) is 23.5 Å². The van der Waals surface area contributed by atoms with E-state index in [0.717, 1.165) is 10.9 Å². The average Bonchev–Trinajstić information content (AvgIpc) is 3.09. The van der Waals surface area contributed by atoms with Crippen LogP contribution in [0.5, 0.6) is 0 Å². The number of carbonyl (C=O) groups excluding carboxylic acids is 1. The first-order valence-corrected chi connectivity index (χ1v) is 8.68. The summed E-state index contributed by atoms with van der Waals surface area (Å²) < 4.78 is 19.6. The van der Waals surface area contributed by atoms with E-state index in [2.05, 4.69) is 10.3 Å². The maximum Gasteiger partial charge on any atom is 0.293 e. The van der Waals surface area contributed by atoms with Crippen molar-refractivity contribution in [1.29, 1.82) is 0 Å². The minimum Gasteiger partial charge on any atom is -0.451 e. The number of halogens is 2. The van der Waals surface area contributed by atoms with Crippen molar-refractivity contribution in [3.8, 4) is 0 Å². The highest BCUT2D eigenvalue weighted by Crippen LogP contribution is 2.31. The van der Waals surface area contributed by atoms with E-state index < -0.39 is 5.91 Å². The van der Waals surface area contributed by atoms with Gasteiger partial charge in [0.15, 0.2) is 10.9 Å². The Bertz CT molecular complexity index is 1150. The van der Waals surface area contributed by atoms with E-state index in [9.17, 15) is 9.18 Å². The lowest BCUT2D eigenvalue weighted by Crippen LogP contribution is -2.11. The number of nitrogens with one attached hydrogen (secondary N) is 1. The molecule has 4 rings (SSSR count). The molecule has 1 amide bonds. The van der Waals surface area contributed by atoms with Gasteiger partial charge in [-0.05, 0) is 49.7 Å². The molecule has 0 bridgehead atoms. The van der Waals surface area contributed by atoms with Gasteiger partial charge in [-0.3, -0.25) is 10.1 Å². The summed E-state index contributed by atoms with van der Waals surface area (Å²) >= 11 is 7.36. The van der Waals surface area contributed by atoms with E-state index in [1.807, 2.05) is 13.0 Å². The molecule has 4 nitrogen and oxygen atoms in total. The number of amides is 1. The Morgan fingerprint density at radius 3 is 2.88 bits per heavy atom. The maximum atomic E-state index is 13.3. The highest BCUT2D eigenvalue weighted by atomic mass is 35.5. The minimum atomic E-state index is -0.401. The number of thiazole rings is 1. The van der Waals surface area contributed by atoms with Gasteiger partial charge < -0.3 is 4.42 Å². The summed E-state index contributed by atoms with van der Waals surface area (Å²) in [5.41, 5.74) is 2.82. The number of hydrogen-bond donors (Lipinski definition) is 1. The zero-order valence-electron chi connectivity index (χ0n) is 13.3. The van der Waals surface area contributed by atoms with Crippen molar-refractivity contribution in [2.75, 3.05) is 5.32 Å². The number of furan rings is 1. The summed E-state index contributed by atoms with van der Waals surface area (Å²) in [5.74, 6) is -0.529. The zero-order chi connectivity index (χ0) is 17.7. The molecule has 0 radical (unpaired) electrons. The second kappa shape index (κ2) is 5.82. The Morgan fingerprint density at radius 1 is 1.28 bits per heavy atom. The summed E-state index contributed by atoms with van der Waals surface area (Å²) in [4.78, 5) is 16.9. The molecule has 0 saturated carbocycles. The fourth-order valence-electron chi connectivity index (χ4n) is 2.66. The number of nitrogens with zero attached hydrogens (tertiary/aromatic N) is 1. The molecule has 0 aliphatic heterocycles. The molecule has 0 unspecified atom stereocenters. The zero-order valence-corrected chi connectivity index (χ0v) is 14.9. The summed E-state index contributed by atoms with van der Waals surface area (Å²) in [5, 5.41) is 4.53. The first-order valence-electron chi connectivity index (χ1n) is 7.49. The molecule has 0 spiro atoms. The molecule has 25 heavy (non-hydrogen) atoms. The molecule has 0 aliphatic carbocycles. The van der Waals surface area contributed by atoms with Gasteiger partial charge in [-0.2, -0.15) is 0 Å². The predicted molar refractivity (Wildman–Crippen MR) is 98.2 cm³/mol. The SMILES string of the molecule is Cc1cc2oc(C(=O)Nc3nc4ccc(F)cc4s3)c(C)c2cc1Cl. The number of anilines is 1. The molecule has 1 N–H and O–H groups in total. The van der Waals surface area contributed by atoms with E-state index in [4.69, 9.17) is 16.0 Å². The van der Waals surface area contributed by atoms with Gasteiger partial charge in [-0.15, -0.1) is 0 Å². The van der Waals surface area contributed by atoms with Gasteiger partial charge in [0.05, 0.1) is 10.2 Å². The number of aryl methyl sites for hydroxylation is 2. The standard InChI is InChI=1S/C18H12ClFN2O2S/c1-8-5-14-11(7-12(8)19)9(2)16(24-14)17(23)22-18-21-13-4-3-10(20)6-15(13)25-18/h3-7H,1-2H3,(H,21,22,23). The number of carbonyl (C=O) groups is 1. The third-order valence-electron chi connectivity index (χ3n) is 3.99. The molecular formula is C18H12ClFN2O2S. The quantitative estimate of drug-likeness (QED) is 0.489. The van der Waals surface area contributed by atoms with Crippen LogP contribution in [0.25, 0.3) is 21.2 Å². The molecule has 4 aromatic rings. The molecule has 2 aromatic carbocycles. The third-order valence-corrected chi connectivity index (χ3v) is 5.34. The molecule has 2 aromatic heterocycles. The lowest BCUT2D eigenvalue weighted by Gasteiger charge is -1.98. The van der Waals surface area contributed by atoms with Crippen LogP contribution in [-0.4, -0.2) is 10.9 Å². The van der Waals surface area contributed by atoms with Gasteiger partial charge in [-0.1, -0.05) is 22.9 Å². The van der Waals surface area contributed by atoms with Gasteiger partial charge >= 0.3 is 0 Å². The maximum absolute atomic E-state index is 13.3. The summed E-state index contributed by atoms with van der Waals surface area (Å²) in [7, 11) is 0. The Balaban J connectivity index is 1.70. The number of aromatic nitrogens is 1. The van der Waals surface area contributed by atoms with E-state index in [1.54, 1.807) is 19.1 Å². The molecule has 2 heterocycles. The fraction of sp³-hybridized carbons (Fsp3) is 0.111. The van der Waals surface area contributed by atoms with Crippen LogP contribution in [0.1, 0.15) is 21.7 Å². The van der Waals surface area contributed by atoms with Crippen molar-refractivity contribution in [3.63, 3.8) is 0 Å². The third kappa shape index (κ3) is 2.77. The van der Waals surface area contributed by atoms with Crippen molar-refractivity contribution < 1.29 is 13.6 Å². The Kier molecular flexibility index (Phi) is 3.74. The molecule has 0 aliphatic rings. The highest BCUT2D eigenvalue weighted by molar-refractivity contribution is 7.22. The Hall–Kier alpha value is -2.44. The van der Waals surface area contributed by atoms with Crippen molar-refractivity contribution in [1.82, 2.24) is 4.98 Å². The smallest absolute Gasteiger partial charge is 0.293 e. The number of hydrogen-bond acceptors (Lipinski definition) is 4.